The van der Waals surface area contributed by atoms with Crippen molar-refractivity contribution >= 4 is 5.97 Å². The van der Waals surface area contributed by atoms with E-state index in [1.54, 1.807) is 12.3 Å². The van der Waals surface area contributed by atoms with Gasteiger partial charge in [0.15, 0.2) is 0 Å². The number of nitrogens with zero attached hydrogens (tertiary/aromatic N) is 1. The number of hydrogen-bond donors (Lipinski definition) is 2. The number of ether oxygens (including phenoxy) is 1. The van der Waals surface area contributed by atoms with Crippen LogP contribution in [0.5, 0.6) is 5.88 Å². The summed E-state index contributed by atoms with van der Waals surface area (Å²) >= 11 is 0. The van der Waals surface area contributed by atoms with Crippen LogP contribution in [0.25, 0.3) is 0 Å². The van der Waals surface area contributed by atoms with Crippen LogP contribution in [0.15, 0.2) is 24.4 Å². The number of pyridine rings is 1. The maximum atomic E-state index is 13.8. The van der Waals surface area contributed by atoms with Gasteiger partial charge in [-0.25, -0.2) is 18.6 Å². The summed E-state index contributed by atoms with van der Waals surface area (Å²) in [5.74, 6) is -2.66. The molecule has 0 amide bonds. The van der Waals surface area contributed by atoms with Gasteiger partial charge in [0.2, 0.25) is 5.88 Å². The summed E-state index contributed by atoms with van der Waals surface area (Å²) in [5.41, 5.74) is 1.19. The van der Waals surface area contributed by atoms with E-state index < -0.39 is 23.2 Å². The molecule has 0 spiro atoms. The molecule has 0 aliphatic rings. The molecule has 0 saturated carbocycles. The average Bonchev–Trinajstić information content (AvgIpc) is 2.50. The van der Waals surface area contributed by atoms with Gasteiger partial charge in [-0.15, -0.1) is 0 Å². The zero-order valence-corrected chi connectivity index (χ0v) is 12.7. The molecule has 0 bridgehead atoms. The van der Waals surface area contributed by atoms with E-state index in [9.17, 15) is 13.6 Å². The molecule has 1 aromatic heterocycles. The van der Waals surface area contributed by atoms with Gasteiger partial charge in [0.05, 0.1) is 12.7 Å². The molecular weight excluding hydrogens is 306 g/mol. The molecule has 0 fully saturated rings. The number of methoxy groups -OCH3 is 1. The average molecular weight is 322 g/mol. The van der Waals surface area contributed by atoms with Crippen LogP contribution in [-0.2, 0) is 13.1 Å². The number of aromatic nitrogens is 1. The number of carboxylic acids is 1. The SMILES string of the molecule is COc1cc(C)c(CNCc2c(F)cc(C(=O)O)cc2F)cn1. The molecule has 122 valence electrons. The summed E-state index contributed by atoms with van der Waals surface area (Å²) < 4.78 is 32.6. The number of aromatic carboxylic acids is 1. The van der Waals surface area contributed by atoms with Gasteiger partial charge in [-0.3, -0.25) is 0 Å². The molecule has 2 aromatic rings. The molecule has 1 aromatic carbocycles. The van der Waals surface area contributed by atoms with Crippen molar-refractivity contribution in [1.82, 2.24) is 10.3 Å². The van der Waals surface area contributed by atoms with Crippen LogP contribution in [-0.4, -0.2) is 23.2 Å². The van der Waals surface area contributed by atoms with E-state index in [2.05, 4.69) is 10.3 Å². The quantitative estimate of drug-likeness (QED) is 0.855. The van der Waals surface area contributed by atoms with Crippen molar-refractivity contribution in [2.24, 2.45) is 0 Å². The number of carboxylic acid groups (broad SMARTS) is 1. The lowest BCUT2D eigenvalue weighted by Gasteiger charge is -2.10. The Balaban J connectivity index is 2.06. The molecule has 5 nitrogen and oxygen atoms in total. The lowest BCUT2D eigenvalue weighted by atomic mass is 10.1. The van der Waals surface area contributed by atoms with Crippen LogP contribution in [0, 0.1) is 18.6 Å². The van der Waals surface area contributed by atoms with Crippen LogP contribution < -0.4 is 10.1 Å². The summed E-state index contributed by atoms with van der Waals surface area (Å²) in [7, 11) is 1.52. The number of benzene rings is 1. The first-order valence-electron chi connectivity index (χ1n) is 6.83. The number of rotatable bonds is 6. The molecule has 0 radical (unpaired) electrons. The van der Waals surface area contributed by atoms with Crippen LogP contribution in [0.2, 0.25) is 0 Å². The van der Waals surface area contributed by atoms with Crippen molar-refractivity contribution < 1.29 is 23.4 Å². The molecule has 1 heterocycles. The van der Waals surface area contributed by atoms with E-state index in [1.165, 1.54) is 7.11 Å². The highest BCUT2D eigenvalue weighted by atomic mass is 19.1. The minimum absolute atomic E-state index is 0.0664. The third kappa shape index (κ3) is 4.01. The summed E-state index contributed by atoms with van der Waals surface area (Å²) in [6.07, 6.45) is 1.63. The van der Waals surface area contributed by atoms with E-state index in [-0.39, 0.29) is 12.1 Å². The smallest absolute Gasteiger partial charge is 0.335 e. The van der Waals surface area contributed by atoms with Crippen molar-refractivity contribution in [3.63, 3.8) is 0 Å². The second-order valence-corrected chi connectivity index (χ2v) is 4.98. The Morgan fingerprint density at radius 3 is 2.43 bits per heavy atom. The lowest BCUT2D eigenvalue weighted by Crippen LogP contribution is -2.16. The van der Waals surface area contributed by atoms with Gasteiger partial charge >= 0.3 is 5.97 Å². The fourth-order valence-electron chi connectivity index (χ4n) is 2.07. The fraction of sp³-hybridized carbons (Fsp3) is 0.250. The van der Waals surface area contributed by atoms with Gasteiger partial charge in [-0.05, 0) is 30.2 Å². The maximum absolute atomic E-state index is 13.8. The van der Waals surface area contributed by atoms with Gasteiger partial charge < -0.3 is 15.2 Å². The Bertz CT molecular complexity index is 712. The first-order chi connectivity index (χ1) is 10.9. The normalized spacial score (nSPS) is 10.6. The van der Waals surface area contributed by atoms with Crippen molar-refractivity contribution in [2.75, 3.05) is 7.11 Å². The summed E-state index contributed by atoms with van der Waals surface area (Å²) in [6, 6.07) is 3.38. The Hall–Kier alpha value is -2.54. The molecule has 0 unspecified atom stereocenters. The van der Waals surface area contributed by atoms with Crippen molar-refractivity contribution in [1.29, 1.82) is 0 Å². The molecule has 2 N–H and O–H groups in total. The van der Waals surface area contributed by atoms with Crippen molar-refractivity contribution in [3.05, 3.63) is 58.3 Å². The minimum Gasteiger partial charge on any atom is -0.481 e. The standard InChI is InChI=1S/C16H16F2N2O3/c1-9-3-15(23-2)20-7-11(9)6-19-8-12-13(17)4-10(16(21)22)5-14(12)18/h3-5,7,19H,6,8H2,1-2H3,(H,21,22). The number of hydrogen-bond acceptors (Lipinski definition) is 4. The summed E-state index contributed by atoms with van der Waals surface area (Å²) in [6.45, 7) is 2.18. The first kappa shape index (κ1) is 16.8. The molecule has 7 heteroatoms. The van der Waals surface area contributed by atoms with Crippen LogP contribution in [0.4, 0.5) is 8.78 Å². The van der Waals surface area contributed by atoms with E-state index in [4.69, 9.17) is 9.84 Å². The topological polar surface area (TPSA) is 71.5 Å². The predicted molar refractivity (Wildman–Crippen MR) is 79.4 cm³/mol. The van der Waals surface area contributed by atoms with E-state index >= 15 is 0 Å². The molecule has 0 atom stereocenters. The van der Waals surface area contributed by atoms with Gasteiger partial charge in [0.1, 0.15) is 11.6 Å². The fourth-order valence-corrected chi connectivity index (χ4v) is 2.07. The Kier molecular flexibility index (Phi) is 5.23. The van der Waals surface area contributed by atoms with Gasteiger partial charge in [0.25, 0.3) is 0 Å². The first-order valence-corrected chi connectivity index (χ1v) is 6.83. The Labute approximate surface area is 131 Å². The van der Waals surface area contributed by atoms with Gasteiger partial charge in [0, 0.05) is 30.9 Å². The highest BCUT2D eigenvalue weighted by molar-refractivity contribution is 5.87. The molecular formula is C16H16F2N2O3. The third-order valence-electron chi connectivity index (χ3n) is 3.41. The highest BCUT2D eigenvalue weighted by Crippen LogP contribution is 2.17. The molecule has 2 rings (SSSR count). The number of aryl methyl sites for hydroxylation is 1. The summed E-state index contributed by atoms with van der Waals surface area (Å²) in [4.78, 5) is 14.8. The van der Waals surface area contributed by atoms with Crippen molar-refractivity contribution in [3.8, 4) is 5.88 Å². The number of carbonyl (C=O) groups is 1. The van der Waals surface area contributed by atoms with E-state index in [0.29, 0.717) is 12.4 Å². The molecule has 0 aliphatic heterocycles. The summed E-state index contributed by atoms with van der Waals surface area (Å²) in [5, 5.41) is 11.7. The monoisotopic (exact) mass is 322 g/mol. The van der Waals surface area contributed by atoms with E-state index in [0.717, 1.165) is 23.3 Å². The number of nitrogens with one attached hydrogen (secondary N) is 1. The largest absolute Gasteiger partial charge is 0.481 e. The predicted octanol–water partition coefficient (Wildman–Crippen LogP) is 2.66. The zero-order valence-electron chi connectivity index (χ0n) is 12.7. The second-order valence-electron chi connectivity index (χ2n) is 4.98. The Morgan fingerprint density at radius 2 is 1.91 bits per heavy atom. The lowest BCUT2D eigenvalue weighted by molar-refractivity contribution is 0.0695. The van der Waals surface area contributed by atoms with Gasteiger partial charge in [-0.1, -0.05) is 0 Å². The molecule has 23 heavy (non-hydrogen) atoms. The van der Waals surface area contributed by atoms with Crippen LogP contribution >= 0.6 is 0 Å². The Morgan fingerprint density at radius 1 is 1.26 bits per heavy atom. The number of halogens is 2. The van der Waals surface area contributed by atoms with E-state index in [1.807, 2.05) is 6.92 Å². The minimum atomic E-state index is -1.37. The molecule has 0 aliphatic carbocycles. The molecule has 0 saturated heterocycles. The maximum Gasteiger partial charge on any atom is 0.335 e. The third-order valence-corrected chi connectivity index (χ3v) is 3.41. The zero-order chi connectivity index (χ0) is 17.0. The highest BCUT2D eigenvalue weighted by Gasteiger charge is 2.14. The van der Waals surface area contributed by atoms with Crippen molar-refractivity contribution in [2.45, 2.75) is 20.0 Å². The van der Waals surface area contributed by atoms with Crippen LogP contribution in [0.1, 0.15) is 27.0 Å². The van der Waals surface area contributed by atoms with Gasteiger partial charge in [-0.2, -0.15) is 0 Å². The van der Waals surface area contributed by atoms with Crippen LogP contribution in [0.3, 0.4) is 0 Å². The second kappa shape index (κ2) is 7.15.